The molecule has 0 aromatic heterocycles. The Morgan fingerprint density at radius 3 is 0.510 bits per heavy atom. The molecule has 8 saturated heterocycles. The molecular formula is C54H80O50. The van der Waals surface area contributed by atoms with E-state index in [1.165, 1.54) is 0 Å². The maximum absolute atomic E-state index is 12.8. The van der Waals surface area contributed by atoms with Crippen LogP contribution >= 0.6 is 0 Å². The van der Waals surface area contributed by atoms with Gasteiger partial charge in [0.25, 0.3) is 0 Å². The second-order valence-electron chi connectivity index (χ2n) is 23.8. The fraction of sp³-hybridized carbons (Fsp3) is 0.852. The van der Waals surface area contributed by atoms with E-state index in [0.29, 0.717) is 0 Å². The molecule has 0 aliphatic carbocycles. The Morgan fingerprint density at radius 1 is 0.202 bits per heavy atom. The molecule has 0 spiro atoms. The van der Waals surface area contributed by atoms with E-state index in [-0.39, 0.29) is 0 Å². The van der Waals surface area contributed by atoms with Crippen LogP contribution in [0.5, 0.6) is 0 Å². The number of esters is 2. The molecule has 50 heteroatoms. The molecule has 8 aliphatic rings. The lowest BCUT2D eigenvalue weighted by molar-refractivity contribution is -0.379. The van der Waals surface area contributed by atoms with Crippen molar-refractivity contribution < 1.29 is 245 Å². The Hall–Kier alpha value is -5.60. The zero-order valence-corrected chi connectivity index (χ0v) is 54.4. The summed E-state index contributed by atoms with van der Waals surface area (Å²) in [5, 5.41) is 229. The van der Waals surface area contributed by atoms with Crippen LogP contribution in [0.1, 0.15) is 0 Å². The molecule has 50 nitrogen and oxygen atoms in total. The van der Waals surface area contributed by atoms with Crippen LogP contribution in [0.15, 0.2) is 0 Å². The molecule has 8 fully saturated rings. The van der Waals surface area contributed by atoms with E-state index in [4.69, 9.17) is 85.3 Å². The van der Waals surface area contributed by atoms with Crippen LogP contribution in [0.2, 0.25) is 0 Å². The molecule has 40 atom stereocenters. The van der Waals surface area contributed by atoms with Crippen LogP contribution in [0.3, 0.4) is 0 Å². The molecule has 0 radical (unpaired) electrons. The lowest BCUT2D eigenvalue weighted by atomic mass is 9.95. The number of aliphatic hydroxyl groups excluding tert-OH is 16. The first-order chi connectivity index (χ1) is 48.8. The summed E-state index contributed by atoms with van der Waals surface area (Å²) in [5.74, 6) is -13.3. The highest BCUT2D eigenvalue weighted by Crippen LogP contribution is 2.39. The second-order valence-corrected chi connectivity index (χ2v) is 23.8. The normalized spacial score (nSPS) is 47.0. The van der Waals surface area contributed by atoms with Gasteiger partial charge in [0.05, 0.1) is 14.2 Å². The average molecular weight is 1530 g/mol. The van der Waals surface area contributed by atoms with Crippen LogP contribution in [0.4, 0.5) is 0 Å². The summed E-state index contributed by atoms with van der Waals surface area (Å²) in [7, 11) is 5.84. The zero-order valence-electron chi connectivity index (χ0n) is 54.4. The monoisotopic (exact) mass is 1530 g/mol. The van der Waals surface area contributed by atoms with Gasteiger partial charge in [0.15, 0.2) is 99.2 Å². The van der Waals surface area contributed by atoms with Crippen molar-refractivity contribution in [2.45, 2.75) is 246 Å². The fourth-order valence-electron chi connectivity index (χ4n) is 11.9. The maximum atomic E-state index is 12.8. The van der Waals surface area contributed by atoms with Crippen molar-refractivity contribution in [3.8, 4) is 0 Å². The van der Waals surface area contributed by atoms with Gasteiger partial charge in [-0.2, -0.15) is 0 Å². The molecule has 22 N–H and O–H groups in total. The van der Waals surface area contributed by atoms with Crippen LogP contribution in [0, 0.1) is 0 Å². The van der Waals surface area contributed by atoms with Gasteiger partial charge in [-0.1, -0.05) is 0 Å². The minimum atomic E-state index is -2.40. The van der Waals surface area contributed by atoms with E-state index in [2.05, 4.69) is 9.47 Å². The van der Waals surface area contributed by atoms with Gasteiger partial charge in [-0.25, -0.2) is 38.4 Å². The van der Waals surface area contributed by atoms with Gasteiger partial charge < -0.3 is 207 Å². The molecule has 0 aromatic rings. The number of rotatable bonds is 24. The van der Waals surface area contributed by atoms with Gasteiger partial charge in [-0.05, 0) is 0 Å². The molecule has 0 bridgehead atoms. The number of carboxylic acid groups (broad SMARTS) is 6. The largest absolute Gasteiger partial charge is 0.479 e. The maximum Gasteiger partial charge on any atom is 0.337 e. The Balaban J connectivity index is 0.000000291. The highest BCUT2D eigenvalue weighted by molar-refractivity contribution is 5.77. The number of hydrogen-bond acceptors (Lipinski definition) is 44. The third-order valence-electron chi connectivity index (χ3n) is 17.4. The predicted molar refractivity (Wildman–Crippen MR) is 300 cm³/mol. The zero-order chi connectivity index (χ0) is 77.9. The molecule has 16 unspecified atom stereocenters. The summed E-state index contributed by atoms with van der Waals surface area (Å²) in [6.45, 7) is 0. The molecule has 596 valence electrons. The smallest absolute Gasteiger partial charge is 0.337 e. The highest BCUT2D eigenvalue weighted by atomic mass is 16.8. The van der Waals surface area contributed by atoms with E-state index < -0.39 is 293 Å². The first-order valence-electron chi connectivity index (χ1n) is 30.5. The fourth-order valence-corrected chi connectivity index (χ4v) is 11.9. The summed E-state index contributed by atoms with van der Waals surface area (Å²) in [4.78, 5) is 97.0. The van der Waals surface area contributed by atoms with Gasteiger partial charge in [-0.3, -0.25) is 0 Å². The van der Waals surface area contributed by atoms with Crippen molar-refractivity contribution in [3.63, 3.8) is 0 Å². The molecule has 0 saturated carbocycles. The lowest BCUT2D eigenvalue weighted by Gasteiger charge is -2.48. The van der Waals surface area contributed by atoms with Crippen LogP contribution < -0.4 is 0 Å². The minimum absolute atomic E-state index is 0.865. The van der Waals surface area contributed by atoms with Gasteiger partial charge >= 0.3 is 47.8 Å². The number of aliphatic carboxylic acids is 6. The highest BCUT2D eigenvalue weighted by Gasteiger charge is 2.62. The summed E-state index contributed by atoms with van der Waals surface area (Å²) in [6.07, 6.45) is -84.1. The minimum Gasteiger partial charge on any atom is -0.479 e. The second kappa shape index (κ2) is 36.1. The third kappa shape index (κ3) is 17.7. The number of carbonyl (C=O) groups is 8. The average Bonchev–Trinajstić information content (AvgIpc) is 0.769. The number of ether oxygens (including phenoxy) is 20. The molecule has 104 heavy (non-hydrogen) atoms. The van der Waals surface area contributed by atoms with E-state index in [9.17, 15) is 151 Å². The third-order valence-corrected chi connectivity index (χ3v) is 17.4. The molecule has 8 heterocycles. The first kappa shape index (κ1) is 85.6. The number of carbonyl (C=O) groups excluding carboxylic acids is 2. The Labute approximate surface area is 580 Å². The number of aliphatic hydroxyl groups is 16. The predicted octanol–water partition coefficient (Wildman–Crippen LogP) is -16.0. The first-order valence-corrected chi connectivity index (χ1v) is 30.5. The number of carboxylic acids is 6. The van der Waals surface area contributed by atoms with Crippen molar-refractivity contribution in [1.82, 2.24) is 0 Å². The SMILES string of the molecule is COC(=O)C1O[C@H](O[C@@H]2C(O)C(O)[C@@H](OC)O[C@H]2C(=O)O)C(O)[C@H](O)[C@H]1O[C@H]1O[C@@H](C(=O)OC)[C@H](O[C@H]2OC(C(=O)O)[C@H](OC)[C@@H](O)C2O)C(O)C1O.CO[C@H]1O[C@@H](C(=O)O)[C@H](O[C@H]2OC(C(=O)O)[C@H](O[C@H]3O[C@@H](C(=O)O)[C@H](O[C@H]4OC(C(=O)O)[C@H](OC)[C@@H](O)C4O)C(O)C3O)[C@@H](O)C2O)C(O)C1O. The quantitative estimate of drug-likeness (QED) is 0.0399. The van der Waals surface area contributed by atoms with Crippen molar-refractivity contribution in [2.75, 3.05) is 42.7 Å². The van der Waals surface area contributed by atoms with E-state index >= 15 is 0 Å². The van der Waals surface area contributed by atoms with E-state index in [0.717, 1.165) is 42.7 Å². The van der Waals surface area contributed by atoms with Gasteiger partial charge in [0.1, 0.15) is 146 Å². The van der Waals surface area contributed by atoms with Crippen LogP contribution in [-0.4, -0.2) is 448 Å². The molecule has 8 rings (SSSR count). The molecule has 0 amide bonds. The van der Waals surface area contributed by atoms with Gasteiger partial charge in [0, 0.05) is 28.4 Å². The van der Waals surface area contributed by atoms with Crippen molar-refractivity contribution in [3.05, 3.63) is 0 Å². The Bertz CT molecular complexity index is 2910. The van der Waals surface area contributed by atoms with E-state index in [1.54, 1.807) is 0 Å². The molecule has 0 aromatic carbocycles. The Morgan fingerprint density at radius 2 is 0.346 bits per heavy atom. The van der Waals surface area contributed by atoms with Crippen molar-refractivity contribution in [1.29, 1.82) is 0 Å². The summed E-state index contributed by atoms with van der Waals surface area (Å²) >= 11 is 0. The summed E-state index contributed by atoms with van der Waals surface area (Å²) < 4.78 is 103. The topological polar surface area (TPSA) is 766 Å². The summed E-state index contributed by atoms with van der Waals surface area (Å²) in [5.41, 5.74) is 0. The van der Waals surface area contributed by atoms with Crippen molar-refractivity contribution >= 4 is 47.8 Å². The van der Waals surface area contributed by atoms with Crippen molar-refractivity contribution in [2.24, 2.45) is 0 Å². The number of hydrogen-bond donors (Lipinski definition) is 22. The Kier molecular flexibility index (Phi) is 29.7. The lowest BCUT2D eigenvalue weighted by Crippen LogP contribution is -2.68. The van der Waals surface area contributed by atoms with Crippen LogP contribution in [-0.2, 0) is 133 Å². The standard InChI is InChI=1S/C28H42O25.C26H38O25/c1-43-13-5(29)10(34)26(51-17(13)21(37)38)48-15-8(32)12(36)28(53-19(15)23(41)44-2)49-16-7(31)11(35)27(52-20(16)24(42)45-3)47-14-6(30)9(33)25(46-4)50-18(14)22(39)40;1-43-11-3(27)8(32)24(49-15(11)19(35)36)46-13-5(29)10(34)26(51-17(13)21(39)40)47-14-6(30)9(33)25(50-18(14)22(41)42)45-12-4(28)7(31)23(44-2)48-16(12)20(37)38/h5-20,25-36H,1-4H3,(H,37,38)(H,39,40);3-18,23-34H,1-2H3,(H,35,36)(H,37,38)(H,39,40)(H,41,42)/t5-,6?,7-,8?,9?,10?,11?,12?,13+,14+,15+,16+,17?,18+,19+,20?,25-,26-,27-,28-;3-,4?,5?,6-,7?,8?,9?,10?,11+,12+,13+,14+,15?,16+,17+,18?,23-,24-,25-,26-/m00/s1. The van der Waals surface area contributed by atoms with Crippen LogP contribution in [0.25, 0.3) is 0 Å². The van der Waals surface area contributed by atoms with E-state index in [1.807, 2.05) is 0 Å². The molecular weight excluding hydrogens is 1450 g/mol. The number of methoxy groups -OCH3 is 6. The molecule has 8 aliphatic heterocycles. The van der Waals surface area contributed by atoms with Gasteiger partial charge in [-0.15, -0.1) is 0 Å². The van der Waals surface area contributed by atoms with Gasteiger partial charge in [0.2, 0.25) is 0 Å². The summed E-state index contributed by atoms with van der Waals surface area (Å²) in [6, 6.07) is 0.